The highest BCUT2D eigenvalue weighted by molar-refractivity contribution is 5.71. The molecule has 2 atom stereocenters. The van der Waals surface area contributed by atoms with Crippen LogP contribution in [0.15, 0.2) is 0 Å². The Kier molecular flexibility index (Phi) is 1.85. The van der Waals surface area contributed by atoms with E-state index in [2.05, 4.69) is 26.1 Å². The Labute approximate surface area is 73.5 Å². The molecule has 0 aromatic heterocycles. The van der Waals surface area contributed by atoms with Crippen LogP contribution in [0.1, 0.15) is 34.6 Å². The first-order valence-electron chi connectivity index (χ1n) is 4.26. The fraction of sp³-hybridized carbons (Fsp3) is 0.889. The quantitative estimate of drug-likeness (QED) is 0.604. The van der Waals surface area contributed by atoms with Crippen LogP contribution in [0, 0.1) is 5.41 Å². The number of carbonyl (C=O) groups is 1. The number of carbonyl (C=O) groups excluding carboxylic acids is 1. The number of cyclic esters (lactones) is 1. The second-order valence-electron chi connectivity index (χ2n) is 4.62. The van der Waals surface area contributed by atoms with Gasteiger partial charge in [0.25, 0.3) is 0 Å². The summed E-state index contributed by atoms with van der Waals surface area (Å²) in [5, 5.41) is 2.86. The molecule has 1 saturated heterocycles. The molecule has 0 spiro atoms. The monoisotopic (exact) mass is 171 g/mol. The van der Waals surface area contributed by atoms with E-state index in [9.17, 15) is 4.79 Å². The molecule has 0 radical (unpaired) electrons. The molecule has 12 heavy (non-hydrogen) atoms. The van der Waals surface area contributed by atoms with Gasteiger partial charge in [-0.25, -0.2) is 4.79 Å². The molecule has 0 saturated carbocycles. The normalized spacial score (nSPS) is 36.1. The van der Waals surface area contributed by atoms with E-state index in [0.717, 1.165) is 0 Å². The Bertz CT molecular complexity index is 207. The SMILES string of the molecule is C[C@H]1OC(=O)NC1(C)C(C)(C)C. The topological polar surface area (TPSA) is 38.3 Å². The molecule has 0 bridgehead atoms. The molecule has 3 nitrogen and oxygen atoms in total. The lowest BCUT2D eigenvalue weighted by Gasteiger charge is -2.39. The van der Waals surface area contributed by atoms with Crippen LogP contribution in [-0.2, 0) is 4.74 Å². The first-order valence-corrected chi connectivity index (χ1v) is 4.26. The molecule has 1 heterocycles. The summed E-state index contributed by atoms with van der Waals surface area (Å²) in [5.74, 6) is 0. The van der Waals surface area contributed by atoms with Crippen molar-refractivity contribution in [3.63, 3.8) is 0 Å². The summed E-state index contributed by atoms with van der Waals surface area (Å²) in [7, 11) is 0. The highest BCUT2D eigenvalue weighted by Crippen LogP contribution is 2.37. The summed E-state index contributed by atoms with van der Waals surface area (Å²) in [6.07, 6.45) is -0.370. The zero-order valence-electron chi connectivity index (χ0n) is 8.39. The van der Waals surface area contributed by atoms with Crippen LogP contribution >= 0.6 is 0 Å². The van der Waals surface area contributed by atoms with E-state index in [0.29, 0.717) is 0 Å². The molecule has 0 aromatic rings. The molecule has 3 heteroatoms. The molecule has 1 fully saturated rings. The Morgan fingerprint density at radius 1 is 1.50 bits per heavy atom. The smallest absolute Gasteiger partial charge is 0.408 e. The number of amides is 1. The summed E-state index contributed by atoms with van der Waals surface area (Å²) in [6, 6.07) is 0. The summed E-state index contributed by atoms with van der Waals surface area (Å²) in [5.41, 5.74) is -0.247. The van der Waals surface area contributed by atoms with Crippen molar-refractivity contribution in [2.24, 2.45) is 5.41 Å². The first-order chi connectivity index (χ1) is 5.27. The van der Waals surface area contributed by atoms with Crippen LogP contribution < -0.4 is 5.32 Å². The highest BCUT2D eigenvalue weighted by Gasteiger charge is 2.50. The molecule has 70 valence electrons. The molecule has 1 aliphatic rings. The summed E-state index contributed by atoms with van der Waals surface area (Å²) >= 11 is 0. The zero-order chi connectivity index (χ0) is 9.57. The number of hydrogen-bond donors (Lipinski definition) is 1. The highest BCUT2D eigenvalue weighted by atomic mass is 16.6. The third-order valence-corrected chi connectivity index (χ3v) is 3.02. The van der Waals surface area contributed by atoms with Crippen molar-refractivity contribution < 1.29 is 9.53 Å². The van der Waals surface area contributed by atoms with Crippen molar-refractivity contribution in [2.45, 2.75) is 46.3 Å². The maximum absolute atomic E-state index is 11.0. The van der Waals surface area contributed by atoms with Gasteiger partial charge in [-0.3, -0.25) is 0 Å². The van der Waals surface area contributed by atoms with Crippen molar-refractivity contribution in [3.05, 3.63) is 0 Å². The number of rotatable bonds is 0. The molecule has 0 aliphatic carbocycles. The average molecular weight is 171 g/mol. The van der Waals surface area contributed by atoms with Crippen LogP contribution in [0.5, 0.6) is 0 Å². The second-order valence-corrected chi connectivity index (χ2v) is 4.62. The van der Waals surface area contributed by atoms with Gasteiger partial charge in [0.2, 0.25) is 0 Å². The van der Waals surface area contributed by atoms with Gasteiger partial charge in [-0.15, -0.1) is 0 Å². The molecule has 1 rings (SSSR count). The Morgan fingerprint density at radius 2 is 2.00 bits per heavy atom. The number of nitrogens with one attached hydrogen (secondary N) is 1. The van der Waals surface area contributed by atoms with E-state index < -0.39 is 0 Å². The van der Waals surface area contributed by atoms with Crippen molar-refractivity contribution in [3.8, 4) is 0 Å². The Morgan fingerprint density at radius 3 is 2.17 bits per heavy atom. The van der Waals surface area contributed by atoms with Crippen LogP contribution in [0.4, 0.5) is 4.79 Å². The predicted molar refractivity (Wildman–Crippen MR) is 46.9 cm³/mol. The Balaban J connectivity index is 2.92. The van der Waals surface area contributed by atoms with E-state index >= 15 is 0 Å². The third-order valence-electron chi connectivity index (χ3n) is 3.02. The maximum Gasteiger partial charge on any atom is 0.408 e. The van der Waals surface area contributed by atoms with Gasteiger partial charge >= 0.3 is 6.09 Å². The molecule has 1 aliphatic heterocycles. The Hall–Kier alpha value is -0.730. The van der Waals surface area contributed by atoms with Gasteiger partial charge in [0.15, 0.2) is 0 Å². The lowest BCUT2D eigenvalue weighted by atomic mass is 9.72. The predicted octanol–water partition coefficient (Wildman–Crippen LogP) is 1.92. The lowest BCUT2D eigenvalue weighted by Crippen LogP contribution is -2.54. The van der Waals surface area contributed by atoms with E-state index in [1.54, 1.807) is 0 Å². The van der Waals surface area contributed by atoms with Crippen LogP contribution in [0.3, 0.4) is 0 Å². The number of alkyl carbamates (subject to hydrolysis) is 1. The van der Waals surface area contributed by atoms with Gasteiger partial charge < -0.3 is 10.1 Å². The molecule has 1 N–H and O–H groups in total. The van der Waals surface area contributed by atoms with Crippen molar-refractivity contribution in [1.82, 2.24) is 5.32 Å². The van der Waals surface area contributed by atoms with Crippen LogP contribution in [-0.4, -0.2) is 17.7 Å². The maximum atomic E-state index is 11.0. The minimum absolute atomic E-state index is 0.0125. The first kappa shape index (κ1) is 9.36. The van der Waals surface area contributed by atoms with E-state index in [4.69, 9.17) is 4.74 Å². The van der Waals surface area contributed by atoms with Gasteiger partial charge in [0.05, 0.1) is 5.54 Å². The summed E-state index contributed by atoms with van der Waals surface area (Å²) in [4.78, 5) is 11.0. The van der Waals surface area contributed by atoms with E-state index in [-0.39, 0.29) is 23.2 Å². The van der Waals surface area contributed by atoms with Gasteiger partial charge in [-0.05, 0) is 19.3 Å². The fourth-order valence-electron chi connectivity index (χ4n) is 1.42. The van der Waals surface area contributed by atoms with Gasteiger partial charge in [0.1, 0.15) is 6.10 Å². The van der Waals surface area contributed by atoms with E-state index in [1.807, 2.05) is 13.8 Å². The standard InChI is InChI=1S/C9H17NO2/c1-6-9(5,8(2,3)4)10-7(11)12-6/h6H,1-5H3,(H,10,11)/t6-,9?/m1/s1. The molecule has 1 amide bonds. The molecule has 1 unspecified atom stereocenters. The number of ether oxygens (including phenoxy) is 1. The minimum atomic E-state index is -0.306. The molecule has 0 aromatic carbocycles. The minimum Gasteiger partial charge on any atom is -0.444 e. The summed E-state index contributed by atoms with van der Waals surface area (Å²) in [6.45, 7) is 10.2. The second kappa shape index (κ2) is 2.38. The van der Waals surface area contributed by atoms with Crippen molar-refractivity contribution in [1.29, 1.82) is 0 Å². The van der Waals surface area contributed by atoms with Gasteiger partial charge in [0, 0.05) is 0 Å². The average Bonchev–Trinajstić information content (AvgIpc) is 2.06. The van der Waals surface area contributed by atoms with Crippen LogP contribution in [0.2, 0.25) is 0 Å². The van der Waals surface area contributed by atoms with Gasteiger partial charge in [-0.1, -0.05) is 20.8 Å². The van der Waals surface area contributed by atoms with Crippen molar-refractivity contribution in [2.75, 3.05) is 0 Å². The zero-order valence-corrected chi connectivity index (χ0v) is 8.39. The molecular weight excluding hydrogens is 154 g/mol. The van der Waals surface area contributed by atoms with Crippen LogP contribution in [0.25, 0.3) is 0 Å². The van der Waals surface area contributed by atoms with Crippen molar-refractivity contribution >= 4 is 6.09 Å². The van der Waals surface area contributed by atoms with E-state index in [1.165, 1.54) is 0 Å². The van der Waals surface area contributed by atoms with Gasteiger partial charge in [-0.2, -0.15) is 0 Å². The largest absolute Gasteiger partial charge is 0.444 e. The molecular formula is C9H17NO2. The lowest BCUT2D eigenvalue weighted by molar-refractivity contribution is 0.0746. The summed E-state index contributed by atoms with van der Waals surface area (Å²) < 4.78 is 5.05. The third kappa shape index (κ3) is 1.17. The number of hydrogen-bond acceptors (Lipinski definition) is 2. The fourth-order valence-corrected chi connectivity index (χ4v) is 1.42.